The highest BCUT2D eigenvalue weighted by Gasteiger charge is 2.44. The Morgan fingerprint density at radius 2 is 2.21 bits per heavy atom. The monoisotopic (exact) mass is 480 g/mol. The molecule has 1 fully saturated rings. The number of piperidine rings is 1. The molecule has 0 saturated carbocycles. The summed E-state index contributed by atoms with van der Waals surface area (Å²) in [6.07, 6.45) is 2.41. The maximum atomic E-state index is 15.2. The topological polar surface area (TPSA) is 72.5 Å². The van der Waals surface area contributed by atoms with E-state index in [2.05, 4.69) is 20.4 Å². The van der Waals surface area contributed by atoms with Gasteiger partial charge in [-0.15, -0.1) is 5.10 Å². The van der Waals surface area contributed by atoms with Crippen molar-refractivity contribution in [2.24, 2.45) is 0 Å². The summed E-state index contributed by atoms with van der Waals surface area (Å²) in [7, 11) is 1.31. The van der Waals surface area contributed by atoms with Crippen molar-refractivity contribution >= 4 is 22.5 Å². The number of hydrogen-bond donors (Lipinski definition) is 1. The Morgan fingerprint density at radius 1 is 1.35 bits per heavy atom. The van der Waals surface area contributed by atoms with Gasteiger partial charge in [-0.25, -0.2) is 27.1 Å². The SMILES string of the molecule is [2H]C([2H])([2H])N1CCC(Nc2nc(OC)c3c(-c4ccc5ncn(CCF)c5c4)c(F)cn3n2)C(F)(F)C1. The van der Waals surface area contributed by atoms with Gasteiger partial charge in [0.15, 0.2) is 5.82 Å². The van der Waals surface area contributed by atoms with E-state index < -0.39 is 38.0 Å². The largest absolute Gasteiger partial charge is 0.479 e. The highest BCUT2D eigenvalue weighted by atomic mass is 19.3. The number of aryl methyl sites for hydroxylation is 1. The number of aromatic nitrogens is 5. The molecule has 1 aromatic carbocycles. The summed E-state index contributed by atoms with van der Waals surface area (Å²) < 4.78 is 88.0. The normalized spacial score (nSPS) is 20.3. The molecule has 1 unspecified atom stereocenters. The van der Waals surface area contributed by atoms with Crippen molar-refractivity contribution < 1.29 is 26.4 Å². The van der Waals surface area contributed by atoms with Crippen LogP contribution in [0.1, 0.15) is 10.5 Å². The Bertz CT molecular complexity index is 1460. The number of methoxy groups -OCH3 is 1. The molecule has 4 aromatic rings. The van der Waals surface area contributed by atoms with Crippen LogP contribution in [0, 0.1) is 5.82 Å². The second-order valence-electron chi connectivity index (χ2n) is 8.09. The maximum Gasteiger partial charge on any atom is 0.280 e. The van der Waals surface area contributed by atoms with Gasteiger partial charge in [0.1, 0.15) is 12.2 Å². The average molecular weight is 480 g/mol. The lowest BCUT2D eigenvalue weighted by Gasteiger charge is -2.36. The van der Waals surface area contributed by atoms with Crippen molar-refractivity contribution in [1.29, 1.82) is 0 Å². The van der Waals surface area contributed by atoms with E-state index >= 15 is 4.39 Å². The van der Waals surface area contributed by atoms with Gasteiger partial charge in [0.25, 0.3) is 5.92 Å². The van der Waals surface area contributed by atoms with Crippen molar-refractivity contribution in [2.75, 3.05) is 39.2 Å². The van der Waals surface area contributed by atoms with Gasteiger partial charge in [-0.3, -0.25) is 0 Å². The fourth-order valence-corrected chi connectivity index (χ4v) is 4.25. The summed E-state index contributed by atoms with van der Waals surface area (Å²) in [5.41, 5.74) is 1.96. The quantitative estimate of drug-likeness (QED) is 0.425. The molecular formula is C22H23F4N7O. The number of nitrogens with one attached hydrogen (secondary N) is 1. The van der Waals surface area contributed by atoms with Crippen molar-refractivity contribution in [3.8, 4) is 17.0 Å². The summed E-state index contributed by atoms with van der Waals surface area (Å²) in [5, 5.41) is 6.73. The van der Waals surface area contributed by atoms with Crippen LogP contribution in [-0.4, -0.2) is 74.9 Å². The Morgan fingerprint density at radius 3 is 2.94 bits per heavy atom. The number of hydrogen-bond acceptors (Lipinski definition) is 6. The molecule has 180 valence electrons. The molecule has 8 nitrogen and oxygen atoms in total. The minimum atomic E-state index is -3.39. The van der Waals surface area contributed by atoms with Crippen LogP contribution < -0.4 is 10.1 Å². The summed E-state index contributed by atoms with van der Waals surface area (Å²) in [5.74, 6) is -4.33. The van der Waals surface area contributed by atoms with Crippen molar-refractivity contribution in [3.63, 3.8) is 0 Å². The number of alkyl halides is 3. The Balaban J connectivity index is 1.51. The van der Waals surface area contributed by atoms with Gasteiger partial charge >= 0.3 is 0 Å². The first-order chi connectivity index (χ1) is 17.5. The van der Waals surface area contributed by atoms with E-state index in [0.29, 0.717) is 16.6 Å². The van der Waals surface area contributed by atoms with Crippen LogP contribution in [0.15, 0.2) is 30.7 Å². The first-order valence-electron chi connectivity index (χ1n) is 12.1. The molecule has 0 spiro atoms. The predicted octanol–water partition coefficient (Wildman–Crippen LogP) is 3.61. The van der Waals surface area contributed by atoms with Crippen molar-refractivity contribution in [3.05, 3.63) is 36.5 Å². The van der Waals surface area contributed by atoms with Crippen LogP contribution in [0.25, 0.3) is 27.7 Å². The van der Waals surface area contributed by atoms with Crippen LogP contribution in [0.5, 0.6) is 5.88 Å². The summed E-state index contributed by atoms with van der Waals surface area (Å²) in [6, 6.07) is 3.56. The second-order valence-corrected chi connectivity index (χ2v) is 8.09. The van der Waals surface area contributed by atoms with E-state index in [9.17, 15) is 13.2 Å². The Labute approximate surface area is 196 Å². The molecule has 1 aliphatic heterocycles. The molecule has 0 aliphatic carbocycles. The number of imidazole rings is 1. The minimum absolute atomic E-state index is 0.0583. The van der Waals surface area contributed by atoms with Crippen LogP contribution in [0.3, 0.4) is 0 Å². The lowest BCUT2D eigenvalue weighted by atomic mass is 10.0. The van der Waals surface area contributed by atoms with E-state index in [-0.39, 0.29) is 42.4 Å². The number of rotatable bonds is 6. The zero-order valence-corrected chi connectivity index (χ0v) is 18.1. The number of nitrogens with zero attached hydrogens (tertiary/aromatic N) is 6. The van der Waals surface area contributed by atoms with Crippen LogP contribution >= 0.6 is 0 Å². The van der Waals surface area contributed by atoms with Gasteiger partial charge in [0.2, 0.25) is 11.8 Å². The molecule has 0 bridgehead atoms. The molecule has 34 heavy (non-hydrogen) atoms. The van der Waals surface area contributed by atoms with Gasteiger partial charge in [-0.2, -0.15) is 4.98 Å². The van der Waals surface area contributed by atoms with Gasteiger partial charge in [-0.05, 0) is 31.1 Å². The van der Waals surface area contributed by atoms with Crippen molar-refractivity contribution in [2.45, 2.75) is 24.9 Å². The van der Waals surface area contributed by atoms with Crippen molar-refractivity contribution in [1.82, 2.24) is 29.0 Å². The molecule has 1 N–H and O–H groups in total. The summed E-state index contributed by atoms with van der Waals surface area (Å²) in [4.78, 5) is 9.16. The van der Waals surface area contributed by atoms with Gasteiger partial charge in [0, 0.05) is 10.7 Å². The standard InChI is InChI=1S/C22H23F4N7O/c1-31-7-5-17(22(25,26)11-31)28-21-29-20(34-2)19-18(14(24)10-33(19)30-21)13-3-4-15-16(9-13)32(8-6-23)12-27-15/h3-4,9-10,12,17H,5-8,11H2,1-2H3,(H,28,30)/i1D3. The molecule has 1 atom stereocenters. The van der Waals surface area contributed by atoms with Gasteiger partial charge in [0.05, 0.1) is 55.4 Å². The predicted molar refractivity (Wildman–Crippen MR) is 119 cm³/mol. The highest BCUT2D eigenvalue weighted by Crippen LogP contribution is 2.36. The zero-order chi connectivity index (χ0) is 26.5. The first-order valence-corrected chi connectivity index (χ1v) is 10.6. The molecule has 5 rings (SSSR count). The van der Waals surface area contributed by atoms with E-state index in [0.717, 1.165) is 15.6 Å². The minimum Gasteiger partial charge on any atom is -0.479 e. The van der Waals surface area contributed by atoms with E-state index in [1.165, 1.54) is 13.4 Å². The lowest BCUT2D eigenvalue weighted by molar-refractivity contribution is -0.0675. The summed E-state index contributed by atoms with van der Waals surface area (Å²) >= 11 is 0. The Hall–Kier alpha value is -3.41. The molecule has 1 saturated heterocycles. The number of likely N-dealkylation sites (tertiary alicyclic amines) is 1. The molecule has 0 radical (unpaired) electrons. The number of benzene rings is 1. The molecule has 12 heteroatoms. The number of anilines is 1. The molecular weight excluding hydrogens is 454 g/mol. The fourth-order valence-electron chi connectivity index (χ4n) is 4.25. The summed E-state index contributed by atoms with van der Waals surface area (Å²) in [6.45, 7) is -4.16. The molecule has 3 aromatic heterocycles. The fraction of sp³-hybridized carbons (Fsp3) is 0.409. The maximum absolute atomic E-state index is 15.2. The third kappa shape index (κ3) is 3.81. The van der Waals surface area contributed by atoms with Crippen LogP contribution in [0.4, 0.5) is 23.5 Å². The van der Waals surface area contributed by atoms with Crippen LogP contribution in [0.2, 0.25) is 0 Å². The first kappa shape index (κ1) is 19.0. The molecule has 4 heterocycles. The Kier molecular flexibility index (Phi) is 4.70. The third-order valence-electron chi connectivity index (χ3n) is 5.88. The number of fused-ring (bicyclic) bond motifs is 2. The smallest absolute Gasteiger partial charge is 0.280 e. The van der Waals surface area contributed by atoms with E-state index in [4.69, 9.17) is 8.85 Å². The number of ether oxygens (including phenoxy) is 1. The third-order valence-corrected chi connectivity index (χ3v) is 5.88. The van der Waals surface area contributed by atoms with E-state index in [1.54, 1.807) is 22.8 Å². The van der Waals surface area contributed by atoms with Gasteiger partial charge < -0.3 is 19.5 Å². The zero-order valence-electron chi connectivity index (χ0n) is 21.1. The van der Waals surface area contributed by atoms with Crippen LogP contribution in [-0.2, 0) is 6.54 Å². The second kappa shape index (κ2) is 8.42. The number of halogens is 4. The molecule has 0 amide bonds. The van der Waals surface area contributed by atoms with Gasteiger partial charge in [-0.1, -0.05) is 6.07 Å². The molecule has 1 aliphatic rings. The lowest BCUT2D eigenvalue weighted by Crippen LogP contribution is -2.53. The highest BCUT2D eigenvalue weighted by molar-refractivity contribution is 5.90. The van der Waals surface area contributed by atoms with E-state index in [1.807, 2.05) is 0 Å². The average Bonchev–Trinajstić information content (AvgIpc) is 3.38.